The summed E-state index contributed by atoms with van der Waals surface area (Å²) >= 11 is 0. The Morgan fingerprint density at radius 1 is 1.23 bits per heavy atom. The van der Waals surface area contributed by atoms with Crippen LogP contribution in [0, 0.1) is 0 Å². The number of urea groups is 1. The van der Waals surface area contributed by atoms with Crippen LogP contribution in [0.15, 0.2) is 24.3 Å². The minimum atomic E-state index is -0.546. The van der Waals surface area contributed by atoms with E-state index in [1.54, 1.807) is 0 Å². The number of benzene rings is 1. The van der Waals surface area contributed by atoms with Crippen molar-refractivity contribution in [2.24, 2.45) is 0 Å². The minimum absolute atomic E-state index is 0.131. The van der Waals surface area contributed by atoms with E-state index in [-0.39, 0.29) is 18.1 Å². The number of ether oxygens (including phenoxy) is 1. The maximum atomic E-state index is 11.6. The number of methoxy groups -OCH3 is 1. The van der Waals surface area contributed by atoms with Crippen LogP contribution in [0.3, 0.4) is 0 Å². The number of aliphatic hydroxyl groups is 1. The first-order chi connectivity index (χ1) is 10.3. The third-order valence-corrected chi connectivity index (χ3v) is 3.40. The van der Waals surface area contributed by atoms with Gasteiger partial charge in [-0.2, -0.15) is 0 Å². The lowest BCUT2D eigenvalue weighted by molar-refractivity contribution is 0.0598. The molecule has 0 aliphatic heterocycles. The van der Waals surface area contributed by atoms with E-state index >= 15 is 0 Å². The van der Waals surface area contributed by atoms with Gasteiger partial charge in [-0.3, -0.25) is 0 Å². The minimum Gasteiger partial charge on any atom is -0.391 e. The highest BCUT2D eigenvalue weighted by Crippen LogP contribution is 2.22. The number of hydrogen-bond acceptors (Lipinski definition) is 3. The normalized spacial score (nSPS) is 12.8. The van der Waals surface area contributed by atoms with Crippen LogP contribution in [0.1, 0.15) is 38.3 Å². The molecule has 1 aromatic rings. The van der Waals surface area contributed by atoms with Crippen LogP contribution in [-0.2, 0) is 16.7 Å². The van der Waals surface area contributed by atoms with Gasteiger partial charge in [-0.15, -0.1) is 0 Å². The first-order valence-corrected chi connectivity index (χ1v) is 7.61. The molecule has 0 radical (unpaired) electrons. The second-order valence-electron chi connectivity index (χ2n) is 6.45. The summed E-state index contributed by atoms with van der Waals surface area (Å²) in [4.78, 5) is 11.6. The fraction of sp³-hybridized carbons (Fsp3) is 0.588. The topological polar surface area (TPSA) is 70.6 Å². The fourth-order valence-corrected chi connectivity index (χ4v) is 2.00. The molecule has 0 aliphatic rings. The largest absolute Gasteiger partial charge is 0.391 e. The van der Waals surface area contributed by atoms with Crippen LogP contribution >= 0.6 is 0 Å². The van der Waals surface area contributed by atoms with Gasteiger partial charge in [-0.05, 0) is 23.0 Å². The summed E-state index contributed by atoms with van der Waals surface area (Å²) in [6, 6.07) is 8.02. The molecule has 0 fully saturated rings. The third-order valence-electron chi connectivity index (χ3n) is 3.40. The van der Waals surface area contributed by atoms with Crippen molar-refractivity contribution in [2.45, 2.75) is 45.3 Å². The quantitative estimate of drug-likeness (QED) is 0.723. The van der Waals surface area contributed by atoms with Gasteiger partial charge in [0.15, 0.2) is 0 Å². The Kier molecular flexibility index (Phi) is 7.35. The number of carbonyl (C=O) groups is 1. The summed E-state index contributed by atoms with van der Waals surface area (Å²) in [5.74, 6) is 0. The van der Waals surface area contributed by atoms with Crippen molar-refractivity contribution < 1.29 is 14.6 Å². The average molecular weight is 308 g/mol. The van der Waals surface area contributed by atoms with Crippen molar-refractivity contribution in [1.29, 1.82) is 0 Å². The lowest BCUT2D eigenvalue weighted by Gasteiger charge is -2.19. The molecule has 2 amide bonds. The van der Waals surface area contributed by atoms with Crippen molar-refractivity contribution in [3.63, 3.8) is 0 Å². The molecule has 0 saturated carbocycles. The highest BCUT2D eigenvalue weighted by Gasteiger charge is 2.12. The van der Waals surface area contributed by atoms with Gasteiger partial charge < -0.3 is 20.5 Å². The van der Waals surface area contributed by atoms with E-state index in [2.05, 4.69) is 43.5 Å². The second kappa shape index (κ2) is 8.76. The summed E-state index contributed by atoms with van der Waals surface area (Å²) in [5, 5.41) is 15.0. The SMILES string of the molecule is COCC(O)CCNC(=O)NCc1ccc(C(C)(C)C)cc1. The molecule has 0 spiro atoms. The Morgan fingerprint density at radius 3 is 2.41 bits per heavy atom. The van der Waals surface area contributed by atoms with Crippen molar-refractivity contribution in [3.05, 3.63) is 35.4 Å². The van der Waals surface area contributed by atoms with E-state index in [4.69, 9.17) is 4.74 Å². The Balaban J connectivity index is 2.29. The van der Waals surface area contributed by atoms with E-state index < -0.39 is 6.10 Å². The molecule has 5 nitrogen and oxygen atoms in total. The molecule has 0 heterocycles. The Morgan fingerprint density at radius 2 is 1.86 bits per heavy atom. The molecule has 3 N–H and O–H groups in total. The zero-order valence-electron chi connectivity index (χ0n) is 14.0. The van der Waals surface area contributed by atoms with Crippen LogP contribution in [0.5, 0.6) is 0 Å². The predicted molar refractivity (Wildman–Crippen MR) is 87.9 cm³/mol. The molecule has 5 heteroatoms. The first-order valence-electron chi connectivity index (χ1n) is 7.61. The predicted octanol–water partition coefficient (Wildman–Crippen LogP) is 2.18. The zero-order valence-corrected chi connectivity index (χ0v) is 14.0. The van der Waals surface area contributed by atoms with Gasteiger partial charge in [-0.25, -0.2) is 4.79 Å². The highest BCUT2D eigenvalue weighted by atomic mass is 16.5. The van der Waals surface area contributed by atoms with E-state index in [0.717, 1.165) is 5.56 Å². The van der Waals surface area contributed by atoms with Gasteiger partial charge >= 0.3 is 6.03 Å². The molecule has 1 aromatic carbocycles. The second-order valence-corrected chi connectivity index (χ2v) is 6.45. The number of amides is 2. The molecule has 22 heavy (non-hydrogen) atoms. The molecule has 1 unspecified atom stereocenters. The molecule has 1 atom stereocenters. The number of aliphatic hydroxyl groups excluding tert-OH is 1. The molecule has 0 saturated heterocycles. The van der Waals surface area contributed by atoms with Crippen molar-refractivity contribution in [2.75, 3.05) is 20.3 Å². The zero-order chi connectivity index (χ0) is 16.6. The van der Waals surface area contributed by atoms with E-state index in [0.29, 0.717) is 19.5 Å². The lowest BCUT2D eigenvalue weighted by Crippen LogP contribution is -2.37. The summed E-state index contributed by atoms with van der Waals surface area (Å²) in [5.41, 5.74) is 2.46. The fourth-order valence-electron chi connectivity index (χ4n) is 2.00. The summed E-state index contributed by atoms with van der Waals surface area (Å²) in [6.07, 6.45) is -0.0723. The van der Waals surface area contributed by atoms with Gasteiger partial charge in [0.1, 0.15) is 0 Å². The summed E-state index contributed by atoms with van der Waals surface area (Å²) in [7, 11) is 1.54. The van der Waals surface area contributed by atoms with Crippen LogP contribution in [0.4, 0.5) is 4.79 Å². The number of hydrogen-bond donors (Lipinski definition) is 3. The standard InChI is InChI=1S/C17H28N2O3/c1-17(2,3)14-7-5-13(6-8-14)11-19-16(21)18-10-9-15(20)12-22-4/h5-8,15,20H,9-12H2,1-4H3,(H2,18,19,21). The van der Waals surface area contributed by atoms with Gasteiger partial charge in [0, 0.05) is 20.2 Å². The molecular formula is C17H28N2O3. The maximum absolute atomic E-state index is 11.6. The number of carbonyl (C=O) groups excluding carboxylic acids is 1. The van der Waals surface area contributed by atoms with Gasteiger partial charge in [0.25, 0.3) is 0 Å². The molecule has 1 rings (SSSR count). The molecule has 0 aromatic heterocycles. The van der Waals surface area contributed by atoms with E-state index in [9.17, 15) is 9.90 Å². The van der Waals surface area contributed by atoms with Crippen molar-refractivity contribution >= 4 is 6.03 Å². The smallest absolute Gasteiger partial charge is 0.315 e. The maximum Gasteiger partial charge on any atom is 0.315 e. The van der Waals surface area contributed by atoms with E-state index in [1.165, 1.54) is 12.7 Å². The van der Waals surface area contributed by atoms with Gasteiger partial charge in [0.05, 0.1) is 12.7 Å². The lowest BCUT2D eigenvalue weighted by atomic mass is 9.87. The Labute approximate surface area is 133 Å². The molecule has 124 valence electrons. The Hall–Kier alpha value is -1.59. The van der Waals surface area contributed by atoms with Crippen molar-refractivity contribution in [1.82, 2.24) is 10.6 Å². The average Bonchev–Trinajstić information content (AvgIpc) is 2.45. The highest BCUT2D eigenvalue weighted by molar-refractivity contribution is 5.73. The summed E-state index contributed by atoms with van der Waals surface area (Å²) in [6.45, 7) is 7.70. The third kappa shape index (κ3) is 6.91. The van der Waals surface area contributed by atoms with Gasteiger partial charge in [0.2, 0.25) is 0 Å². The van der Waals surface area contributed by atoms with Crippen LogP contribution < -0.4 is 10.6 Å². The summed E-state index contributed by atoms with van der Waals surface area (Å²) < 4.78 is 4.82. The monoisotopic (exact) mass is 308 g/mol. The first kappa shape index (κ1) is 18.5. The number of nitrogens with one attached hydrogen (secondary N) is 2. The van der Waals surface area contributed by atoms with Crippen molar-refractivity contribution in [3.8, 4) is 0 Å². The van der Waals surface area contributed by atoms with E-state index in [1.807, 2.05) is 12.1 Å². The van der Waals surface area contributed by atoms with Crippen LogP contribution in [-0.4, -0.2) is 37.5 Å². The number of rotatable bonds is 7. The molecule has 0 bridgehead atoms. The van der Waals surface area contributed by atoms with Gasteiger partial charge in [-0.1, -0.05) is 45.0 Å². The van der Waals surface area contributed by atoms with Crippen LogP contribution in [0.25, 0.3) is 0 Å². The molecular weight excluding hydrogens is 280 g/mol. The Bertz CT molecular complexity index is 452. The molecule has 0 aliphatic carbocycles. The van der Waals surface area contributed by atoms with Crippen LogP contribution in [0.2, 0.25) is 0 Å².